The summed E-state index contributed by atoms with van der Waals surface area (Å²) in [7, 11) is 1.63. The predicted octanol–water partition coefficient (Wildman–Crippen LogP) is 0.296. The number of hydrogen-bond acceptors (Lipinski definition) is 9. The highest BCUT2D eigenvalue weighted by molar-refractivity contribution is 7.00. The molecule has 170 valence electrons. The average molecular weight is 466 g/mol. The largest absolute Gasteiger partial charge is 0.341 e. The average Bonchev–Trinajstić information content (AvgIpc) is 3.43. The lowest BCUT2D eigenvalue weighted by Crippen LogP contribution is -2.44. The van der Waals surface area contributed by atoms with E-state index < -0.39 is 11.2 Å². The fraction of sp³-hybridized carbons (Fsp3) is 0.429. The molecular weight excluding hydrogens is 442 g/mol. The second-order valence-corrected chi connectivity index (χ2v) is 8.66. The quantitative estimate of drug-likeness (QED) is 0.426. The van der Waals surface area contributed by atoms with Crippen LogP contribution < -0.4 is 21.9 Å². The monoisotopic (exact) mass is 465 g/mol. The Morgan fingerprint density at radius 3 is 2.91 bits per heavy atom. The summed E-state index contributed by atoms with van der Waals surface area (Å²) in [6.07, 6.45) is 3.50. The van der Waals surface area contributed by atoms with E-state index in [1.54, 1.807) is 30.8 Å². The number of rotatable bonds is 4. The number of anilines is 1. The van der Waals surface area contributed by atoms with Crippen LogP contribution in [0.1, 0.15) is 25.3 Å². The van der Waals surface area contributed by atoms with Crippen LogP contribution in [0.2, 0.25) is 0 Å². The molecule has 2 N–H and O–H groups in total. The van der Waals surface area contributed by atoms with Crippen LogP contribution in [0.25, 0.3) is 22.3 Å². The molecule has 4 aromatic heterocycles. The van der Waals surface area contributed by atoms with Crippen molar-refractivity contribution in [1.82, 2.24) is 32.4 Å². The Morgan fingerprint density at radius 1 is 1.27 bits per heavy atom. The van der Waals surface area contributed by atoms with Gasteiger partial charge in [0.15, 0.2) is 16.8 Å². The van der Waals surface area contributed by atoms with Gasteiger partial charge in [-0.15, -0.1) is 5.92 Å². The molecule has 0 unspecified atom stereocenters. The van der Waals surface area contributed by atoms with Crippen LogP contribution >= 0.6 is 11.7 Å². The molecule has 0 amide bonds. The molecule has 4 aromatic rings. The van der Waals surface area contributed by atoms with Crippen LogP contribution in [-0.4, -0.2) is 51.5 Å². The van der Waals surface area contributed by atoms with E-state index in [4.69, 9.17) is 10.7 Å². The highest BCUT2D eigenvalue weighted by Crippen LogP contribution is 2.23. The fourth-order valence-electron chi connectivity index (χ4n) is 4.24. The molecule has 5 rings (SSSR count). The zero-order valence-electron chi connectivity index (χ0n) is 18.4. The van der Waals surface area contributed by atoms with Crippen molar-refractivity contribution < 1.29 is 0 Å². The minimum absolute atomic E-state index is 0.0346. The van der Waals surface area contributed by atoms with Crippen molar-refractivity contribution >= 4 is 40.0 Å². The third kappa shape index (κ3) is 3.69. The zero-order chi connectivity index (χ0) is 23.1. The molecule has 1 aliphatic heterocycles. The van der Waals surface area contributed by atoms with Gasteiger partial charge in [0.05, 0.1) is 24.8 Å². The molecule has 1 saturated heterocycles. The van der Waals surface area contributed by atoms with E-state index in [2.05, 4.69) is 30.5 Å². The van der Waals surface area contributed by atoms with E-state index in [9.17, 15) is 9.59 Å². The summed E-state index contributed by atoms with van der Waals surface area (Å²) in [5.41, 5.74) is 7.88. The molecule has 1 aliphatic rings. The van der Waals surface area contributed by atoms with Crippen molar-refractivity contribution in [3.05, 3.63) is 38.7 Å². The van der Waals surface area contributed by atoms with Gasteiger partial charge in [0.1, 0.15) is 5.52 Å². The maximum atomic E-state index is 13.6. The highest BCUT2D eigenvalue weighted by atomic mass is 32.1. The molecule has 12 heteroatoms. The van der Waals surface area contributed by atoms with E-state index in [1.165, 1.54) is 9.13 Å². The third-order valence-corrected chi connectivity index (χ3v) is 6.41. The van der Waals surface area contributed by atoms with Gasteiger partial charge in [-0.3, -0.25) is 18.5 Å². The smallest absolute Gasteiger partial charge is 0.332 e. The second kappa shape index (κ2) is 8.42. The van der Waals surface area contributed by atoms with Crippen LogP contribution in [0.15, 0.2) is 21.9 Å². The zero-order valence-corrected chi connectivity index (χ0v) is 19.2. The molecule has 1 fully saturated rings. The molecule has 33 heavy (non-hydrogen) atoms. The van der Waals surface area contributed by atoms with E-state index in [-0.39, 0.29) is 12.6 Å². The Hall–Kier alpha value is -3.56. The Morgan fingerprint density at radius 2 is 2.12 bits per heavy atom. The van der Waals surface area contributed by atoms with Gasteiger partial charge in [-0.1, -0.05) is 5.92 Å². The van der Waals surface area contributed by atoms with Crippen LogP contribution in [0.4, 0.5) is 5.95 Å². The number of hydrogen-bond donors (Lipinski definition) is 1. The van der Waals surface area contributed by atoms with Gasteiger partial charge >= 0.3 is 5.69 Å². The van der Waals surface area contributed by atoms with Gasteiger partial charge in [0.2, 0.25) is 5.95 Å². The fourth-order valence-corrected chi connectivity index (χ4v) is 4.72. The molecule has 0 aromatic carbocycles. The molecule has 11 nitrogen and oxygen atoms in total. The summed E-state index contributed by atoms with van der Waals surface area (Å²) in [6, 6.07) is 1.83. The van der Waals surface area contributed by atoms with Crippen LogP contribution in [0.3, 0.4) is 0 Å². The number of nitrogens with zero attached hydrogens (tertiary/aromatic N) is 8. The topological polar surface area (TPSA) is 130 Å². The molecule has 0 radical (unpaired) electrons. The van der Waals surface area contributed by atoms with Crippen LogP contribution in [-0.2, 0) is 20.1 Å². The first-order valence-electron chi connectivity index (χ1n) is 10.6. The maximum Gasteiger partial charge on any atom is 0.332 e. The number of pyridine rings is 1. The lowest BCUT2D eigenvalue weighted by Gasteiger charge is -2.31. The summed E-state index contributed by atoms with van der Waals surface area (Å²) in [6.45, 7) is 3.53. The Labute approximate surface area is 192 Å². The number of nitrogens with two attached hydrogens (primary N) is 1. The standard InChI is InChI=1S/C21H23N9O2S/c1-3-4-8-29-16-18(24-20(29)28-7-5-6-14(22)12-28)27(2)21(32)30(19(16)31)11-13-9-15-17(23-10-13)26-33-25-15/h9-10,14H,5-8,11-12,22H2,1-2H3/t14-/m1/s1. The van der Waals surface area contributed by atoms with Gasteiger partial charge in [0, 0.05) is 32.4 Å². The molecule has 0 bridgehead atoms. The van der Waals surface area contributed by atoms with Crippen molar-refractivity contribution in [3.8, 4) is 11.8 Å². The summed E-state index contributed by atoms with van der Waals surface area (Å²) >= 11 is 1.07. The highest BCUT2D eigenvalue weighted by Gasteiger charge is 2.26. The summed E-state index contributed by atoms with van der Waals surface area (Å²) in [5.74, 6) is 6.54. The van der Waals surface area contributed by atoms with Gasteiger partial charge < -0.3 is 10.6 Å². The van der Waals surface area contributed by atoms with E-state index in [0.717, 1.165) is 31.1 Å². The summed E-state index contributed by atoms with van der Waals surface area (Å²) in [4.78, 5) is 37.8. The van der Waals surface area contributed by atoms with E-state index in [0.29, 0.717) is 46.9 Å². The lowest BCUT2D eigenvalue weighted by molar-refractivity contribution is 0.496. The van der Waals surface area contributed by atoms with Crippen molar-refractivity contribution in [2.75, 3.05) is 18.0 Å². The van der Waals surface area contributed by atoms with Crippen LogP contribution in [0, 0.1) is 11.8 Å². The Kier molecular flexibility index (Phi) is 5.43. The third-order valence-electron chi connectivity index (χ3n) is 5.88. The first-order chi connectivity index (χ1) is 16.0. The SMILES string of the molecule is CC#CCn1c(N2CCC[C@@H](N)C2)nc2c1c(=O)n(Cc1cnc3nsnc3c1)c(=O)n2C. The molecule has 5 heterocycles. The van der Waals surface area contributed by atoms with E-state index in [1.807, 2.05) is 0 Å². The van der Waals surface area contributed by atoms with Gasteiger partial charge in [-0.25, -0.2) is 9.78 Å². The van der Waals surface area contributed by atoms with Crippen molar-refractivity contribution in [2.45, 2.75) is 38.9 Å². The van der Waals surface area contributed by atoms with Gasteiger partial charge in [-0.05, 0) is 31.4 Å². The van der Waals surface area contributed by atoms with Gasteiger partial charge in [0.25, 0.3) is 5.56 Å². The van der Waals surface area contributed by atoms with Crippen molar-refractivity contribution in [1.29, 1.82) is 0 Å². The molecule has 0 aliphatic carbocycles. The molecule has 1 atom stereocenters. The number of aryl methyl sites for hydroxylation is 1. The van der Waals surface area contributed by atoms with Gasteiger partial charge in [-0.2, -0.15) is 13.7 Å². The number of imidazole rings is 1. The molecule has 0 spiro atoms. The predicted molar refractivity (Wildman–Crippen MR) is 126 cm³/mol. The number of piperidine rings is 1. The second-order valence-electron chi connectivity index (χ2n) is 8.13. The summed E-state index contributed by atoms with van der Waals surface area (Å²) in [5, 5.41) is 0. The molecule has 0 saturated carbocycles. The minimum atomic E-state index is -0.447. The van der Waals surface area contributed by atoms with E-state index >= 15 is 0 Å². The number of fused-ring (bicyclic) bond motifs is 2. The van der Waals surface area contributed by atoms with Crippen molar-refractivity contribution in [3.63, 3.8) is 0 Å². The Balaban J connectivity index is 1.68. The number of aromatic nitrogens is 7. The Bertz CT molecular complexity index is 1530. The summed E-state index contributed by atoms with van der Waals surface area (Å²) < 4.78 is 12.7. The minimum Gasteiger partial charge on any atom is -0.341 e. The first kappa shape index (κ1) is 21.3. The lowest BCUT2D eigenvalue weighted by atomic mass is 10.1. The normalized spacial score (nSPS) is 16.3. The van der Waals surface area contributed by atoms with Crippen LogP contribution in [0.5, 0.6) is 0 Å². The molecular formula is C21H23N9O2S. The first-order valence-corrected chi connectivity index (χ1v) is 11.4. The van der Waals surface area contributed by atoms with Crippen molar-refractivity contribution in [2.24, 2.45) is 12.8 Å². The maximum absolute atomic E-state index is 13.6.